The standard InChI is InChI=1S/C102H101BN4/c1-62-23-42-87-77(51-62)78-52-63(2)24-43-88(78)107(87)76-60-93-95-94(61-76)105(74-36-27-65(28-37-74)68-30-40-82-84(55-68)102(18,19)50-48-100(82,14)15)92-59-75(106-89-45-32-71(97(6,7)8)57-79(89)80-58-72(98(9,10)11)33-46-90(80)106)38-41-85(92)103(95)86-56-69(66-21-20-22-70(53-66)96(3,4)5)31-44-91(86)104(93)73-34-25-64(26-35-73)67-29-39-81-83(54-67)101(16,17)49-47-99(81,12)13/h20-47,49,51-61H,48,50H2,1-19H3. The molecule has 4 nitrogen and oxygen atoms in total. The minimum atomic E-state index is -0.185. The van der Waals surface area contributed by atoms with Crippen molar-refractivity contribution in [3.63, 3.8) is 0 Å². The average Bonchev–Trinajstić information content (AvgIpc) is 1.62. The maximum atomic E-state index is 2.66. The summed E-state index contributed by atoms with van der Waals surface area (Å²) in [6.45, 7) is 44.4. The molecule has 0 unspecified atom stereocenters. The summed E-state index contributed by atoms with van der Waals surface area (Å²) in [5, 5.41) is 5.07. The molecule has 0 saturated heterocycles. The third-order valence-electron chi connectivity index (χ3n) is 25.3. The maximum Gasteiger partial charge on any atom is 0.252 e. The van der Waals surface area contributed by atoms with E-state index in [2.05, 4.69) is 393 Å². The van der Waals surface area contributed by atoms with Crippen LogP contribution in [-0.4, -0.2) is 15.8 Å². The smallest absolute Gasteiger partial charge is 0.252 e. The van der Waals surface area contributed by atoms with Gasteiger partial charge in [0.15, 0.2) is 0 Å². The lowest BCUT2D eigenvalue weighted by Crippen LogP contribution is -2.61. The Morgan fingerprint density at radius 2 is 0.710 bits per heavy atom. The van der Waals surface area contributed by atoms with Crippen molar-refractivity contribution in [2.24, 2.45) is 0 Å². The molecule has 0 fully saturated rings. The van der Waals surface area contributed by atoms with E-state index in [-0.39, 0.29) is 44.6 Å². The molecular formula is C102H101BN4. The number of hydrogen-bond acceptors (Lipinski definition) is 2. The number of benzene rings is 12. The molecule has 2 aromatic heterocycles. The van der Waals surface area contributed by atoms with Gasteiger partial charge in [-0.2, -0.15) is 0 Å². The molecule has 0 spiro atoms. The Kier molecular flexibility index (Phi) is 15.1. The highest BCUT2D eigenvalue weighted by Crippen LogP contribution is 2.52. The Morgan fingerprint density at radius 1 is 0.299 bits per heavy atom. The van der Waals surface area contributed by atoms with Gasteiger partial charge in [0.25, 0.3) is 6.71 Å². The number of hydrogen-bond donors (Lipinski definition) is 0. The van der Waals surface area contributed by atoms with Crippen LogP contribution in [0.1, 0.15) is 181 Å². The van der Waals surface area contributed by atoms with E-state index in [0.29, 0.717) is 0 Å². The average molecular weight is 1390 g/mol. The van der Waals surface area contributed by atoms with Gasteiger partial charge >= 0.3 is 0 Å². The number of fused-ring (bicyclic) bond motifs is 12. The lowest BCUT2D eigenvalue weighted by atomic mass is 9.33. The number of aryl methyl sites for hydroxylation is 2. The summed E-state index contributed by atoms with van der Waals surface area (Å²) >= 11 is 0. The van der Waals surface area contributed by atoms with Gasteiger partial charge in [0.05, 0.1) is 27.8 Å². The van der Waals surface area contributed by atoms with E-state index in [0.717, 1.165) is 46.2 Å². The van der Waals surface area contributed by atoms with E-state index >= 15 is 0 Å². The van der Waals surface area contributed by atoms with Crippen LogP contribution in [0.2, 0.25) is 0 Å². The second kappa shape index (κ2) is 23.6. The molecule has 0 bridgehead atoms. The molecule has 0 saturated carbocycles. The largest absolute Gasteiger partial charge is 0.311 e. The summed E-state index contributed by atoms with van der Waals surface area (Å²) in [4.78, 5) is 5.27. The first kappa shape index (κ1) is 68.5. The first-order chi connectivity index (χ1) is 50.7. The van der Waals surface area contributed by atoms with Gasteiger partial charge in [0, 0.05) is 72.2 Å². The Bertz CT molecular complexity index is 5960. The van der Waals surface area contributed by atoms with E-state index in [4.69, 9.17) is 0 Å². The fraction of sp³-hybridized carbons (Fsp3) is 0.275. The van der Waals surface area contributed by atoms with Crippen LogP contribution in [0.5, 0.6) is 0 Å². The number of anilines is 6. The molecular weight excluding hydrogens is 1290 g/mol. The zero-order valence-electron chi connectivity index (χ0n) is 66.4. The second-order valence-electron chi connectivity index (χ2n) is 37.7. The molecule has 0 atom stereocenters. The molecule has 18 rings (SSSR count). The SMILES string of the molecule is Cc1ccc2c(c1)c1cc(C)ccc1n2-c1cc2c3c(c1)N(c1ccc(-c4ccc5c(c4)C(C)(C)CCC5(C)C)cc1)c1cc(-n4c5ccc(C(C)(C)C)cc5c5cc(C(C)(C)C)ccc54)ccc1B3c1cc(-c3cccc(C(C)(C)C)c3)ccc1N2c1ccc(-c2ccc3c(c2)C(C)(C)C=CC3(C)C)cc1. The van der Waals surface area contributed by atoms with Crippen molar-refractivity contribution >= 4 is 101 Å². The predicted molar refractivity (Wildman–Crippen MR) is 462 cm³/mol. The second-order valence-corrected chi connectivity index (χ2v) is 37.7. The van der Waals surface area contributed by atoms with Crippen molar-refractivity contribution in [3.05, 3.63) is 293 Å². The molecule has 0 amide bonds. The van der Waals surface area contributed by atoms with Crippen molar-refractivity contribution in [2.45, 2.75) is 182 Å². The van der Waals surface area contributed by atoms with Crippen molar-refractivity contribution in [1.82, 2.24) is 9.13 Å². The third kappa shape index (κ3) is 11.0. The maximum absolute atomic E-state index is 2.66. The molecule has 2 aliphatic carbocycles. The monoisotopic (exact) mass is 1390 g/mol. The molecule has 14 aromatic rings. The van der Waals surface area contributed by atoms with Gasteiger partial charge in [-0.15, -0.1) is 0 Å². The number of rotatable bonds is 7. The normalized spacial score (nSPS) is 16.1. The topological polar surface area (TPSA) is 16.3 Å². The van der Waals surface area contributed by atoms with Crippen molar-refractivity contribution in [2.75, 3.05) is 9.80 Å². The third-order valence-corrected chi connectivity index (χ3v) is 25.3. The van der Waals surface area contributed by atoms with Crippen LogP contribution in [0.25, 0.3) is 88.4 Å². The van der Waals surface area contributed by atoms with Crippen LogP contribution in [-0.2, 0) is 37.9 Å². The minimum Gasteiger partial charge on any atom is -0.311 e. The van der Waals surface area contributed by atoms with Crippen molar-refractivity contribution in [3.8, 4) is 44.8 Å². The van der Waals surface area contributed by atoms with Crippen LogP contribution in [0, 0.1) is 13.8 Å². The number of aromatic nitrogens is 2. The van der Waals surface area contributed by atoms with E-state index in [1.165, 1.54) is 156 Å². The Balaban J connectivity index is 0.932. The Hall–Kier alpha value is -10.4. The minimum absolute atomic E-state index is 0.0356. The summed E-state index contributed by atoms with van der Waals surface area (Å²) in [6.07, 6.45) is 7.15. The molecule has 12 aromatic carbocycles. The van der Waals surface area contributed by atoms with Gasteiger partial charge in [-0.1, -0.05) is 262 Å². The highest BCUT2D eigenvalue weighted by Gasteiger charge is 2.45. The molecule has 107 heavy (non-hydrogen) atoms. The van der Waals surface area contributed by atoms with E-state index in [1.54, 1.807) is 0 Å². The summed E-state index contributed by atoms with van der Waals surface area (Å²) in [7, 11) is 0. The molecule has 4 heterocycles. The van der Waals surface area contributed by atoms with E-state index < -0.39 is 0 Å². The summed E-state index contributed by atoms with van der Waals surface area (Å²) in [5.41, 5.74) is 37.1. The van der Waals surface area contributed by atoms with Gasteiger partial charge in [0.1, 0.15) is 0 Å². The van der Waals surface area contributed by atoms with Crippen molar-refractivity contribution < 1.29 is 0 Å². The van der Waals surface area contributed by atoms with Crippen molar-refractivity contribution in [1.29, 1.82) is 0 Å². The predicted octanol–water partition coefficient (Wildman–Crippen LogP) is 25.9. The fourth-order valence-electron chi connectivity index (χ4n) is 18.7. The van der Waals surface area contributed by atoms with Crippen LogP contribution in [0.4, 0.5) is 34.1 Å². The lowest BCUT2D eigenvalue weighted by Gasteiger charge is -2.44. The zero-order chi connectivity index (χ0) is 74.7. The first-order valence-corrected chi connectivity index (χ1v) is 39.2. The number of nitrogens with zero attached hydrogens (tertiary/aromatic N) is 4. The number of allylic oxidation sites excluding steroid dienone is 2. The summed E-state index contributed by atoms with van der Waals surface area (Å²) in [6, 6.07) is 91.6. The van der Waals surface area contributed by atoms with E-state index in [1.807, 2.05) is 0 Å². The Morgan fingerprint density at radius 3 is 1.25 bits per heavy atom. The molecule has 0 N–H and O–H groups in total. The Labute approximate surface area is 635 Å². The summed E-state index contributed by atoms with van der Waals surface area (Å²) < 4.78 is 5.13. The zero-order valence-corrected chi connectivity index (χ0v) is 66.4. The van der Waals surface area contributed by atoms with Crippen LogP contribution in [0.15, 0.2) is 243 Å². The van der Waals surface area contributed by atoms with Crippen LogP contribution >= 0.6 is 0 Å². The van der Waals surface area contributed by atoms with Gasteiger partial charge in [0.2, 0.25) is 0 Å². The highest BCUT2D eigenvalue weighted by atomic mass is 15.2. The molecule has 532 valence electrons. The lowest BCUT2D eigenvalue weighted by molar-refractivity contribution is 0.332. The van der Waals surface area contributed by atoms with Gasteiger partial charge in [-0.05, 0) is 252 Å². The molecule has 0 radical (unpaired) electrons. The quantitative estimate of drug-likeness (QED) is 0.117. The highest BCUT2D eigenvalue weighted by molar-refractivity contribution is 7.00. The fourth-order valence-corrected chi connectivity index (χ4v) is 18.7. The molecule has 4 aliphatic rings. The molecule has 2 aliphatic heterocycles. The van der Waals surface area contributed by atoms with Crippen LogP contribution in [0.3, 0.4) is 0 Å². The van der Waals surface area contributed by atoms with Crippen LogP contribution < -0.4 is 26.2 Å². The first-order valence-electron chi connectivity index (χ1n) is 39.2. The molecule has 5 heteroatoms. The van der Waals surface area contributed by atoms with Gasteiger partial charge < -0.3 is 18.9 Å². The van der Waals surface area contributed by atoms with Gasteiger partial charge in [-0.3, -0.25) is 0 Å². The van der Waals surface area contributed by atoms with E-state index in [9.17, 15) is 0 Å². The van der Waals surface area contributed by atoms with Gasteiger partial charge in [-0.25, -0.2) is 0 Å². The summed E-state index contributed by atoms with van der Waals surface area (Å²) in [5.74, 6) is 0.